The number of nitrogens with zero attached hydrogens (tertiary/aromatic N) is 2. The predicted octanol–water partition coefficient (Wildman–Crippen LogP) is 3.46. The highest BCUT2D eigenvalue weighted by Gasteiger charge is 2.37. The van der Waals surface area contributed by atoms with E-state index in [2.05, 4.69) is 4.98 Å². The summed E-state index contributed by atoms with van der Waals surface area (Å²) >= 11 is 0. The first-order chi connectivity index (χ1) is 12.2. The molecule has 1 aromatic carbocycles. The van der Waals surface area contributed by atoms with Crippen molar-refractivity contribution in [2.75, 3.05) is 20.2 Å². The summed E-state index contributed by atoms with van der Waals surface area (Å²) in [6.45, 7) is 6.43. The van der Waals surface area contributed by atoms with Gasteiger partial charge in [0.05, 0.1) is 18.2 Å². The van der Waals surface area contributed by atoms with Crippen molar-refractivity contribution in [3.05, 3.63) is 36.0 Å². The molecule has 0 bridgehead atoms. The Morgan fingerprint density at radius 2 is 1.92 bits per heavy atom. The number of hydrogen-bond donors (Lipinski definition) is 1. The highest BCUT2D eigenvalue weighted by atomic mass is 16.6. The van der Waals surface area contributed by atoms with Crippen LogP contribution in [-0.4, -0.2) is 46.9 Å². The lowest BCUT2D eigenvalue weighted by Gasteiger charge is -2.39. The molecule has 0 radical (unpaired) electrons. The fourth-order valence-corrected chi connectivity index (χ4v) is 3.31. The van der Waals surface area contributed by atoms with Crippen LogP contribution in [0.25, 0.3) is 10.9 Å². The Bertz CT molecular complexity index is 805. The van der Waals surface area contributed by atoms with Crippen molar-refractivity contribution in [3.8, 4) is 5.75 Å². The van der Waals surface area contributed by atoms with Gasteiger partial charge < -0.3 is 19.5 Å². The molecular weight excluding hydrogens is 332 g/mol. The van der Waals surface area contributed by atoms with Gasteiger partial charge >= 0.3 is 6.09 Å². The standard InChI is InChI=1S/C20H26N2O4/c1-19(2,3)26-18(23)22-11-8-20(24,9-12-22)16-7-10-21-17-6-5-14(25-4)13-15(16)17/h5-7,10,13,24H,8-9,11-12H2,1-4H3. The number of rotatable bonds is 2. The zero-order valence-corrected chi connectivity index (χ0v) is 15.8. The van der Waals surface area contributed by atoms with Gasteiger partial charge in [-0.05, 0) is 63.4 Å². The largest absolute Gasteiger partial charge is 0.497 e. The summed E-state index contributed by atoms with van der Waals surface area (Å²) in [6, 6.07) is 7.49. The molecule has 1 fully saturated rings. The first-order valence-corrected chi connectivity index (χ1v) is 8.85. The molecule has 26 heavy (non-hydrogen) atoms. The van der Waals surface area contributed by atoms with Gasteiger partial charge in [-0.1, -0.05) is 0 Å². The molecule has 6 heteroatoms. The van der Waals surface area contributed by atoms with Gasteiger partial charge in [-0.2, -0.15) is 0 Å². The molecule has 0 spiro atoms. The Labute approximate surface area is 153 Å². The first-order valence-electron chi connectivity index (χ1n) is 8.85. The number of pyridine rings is 1. The molecule has 1 amide bonds. The summed E-state index contributed by atoms with van der Waals surface area (Å²) in [5, 5.41) is 12.2. The van der Waals surface area contributed by atoms with Crippen molar-refractivity contribution >= 4 is 17.0 Å². The van der Waals surface area contributed by atoms with Gasteiger partial charge in [0.1, 0.15) is 11.4 Å². The number of aliphatic hydroxyl groups is 1. The second kappa shape index (κ2) is 6.76. The Morgan fingerprint density at radius 1 is 1.23 bits per heavy atom. The molecule has 0 unspecified atom stereocenters. The molecule has 2 heterocycles. The molecule has 1 aromatic heterocycles. The predicted molar refractivity (Wildman–Crippen MR) is 99.2 cm³/mol. The van der Waals surface area contributed by atoms with Crippen molar-refractivity contribution in [2.24, 2.45) is 0 Å². The van der Waals surface area contributed by atoms with E-state index in [0.29, 0.717) is 25.9 Å². The average molecular weight is 358 g/mol. The number of benzene rings is 1. The second-order valence-electron chi connectivity index (χ2n) is 7.74. The molecule has 3 rings (SSSR count). The summed E-state index contributed by atoms with van der Waals surface area (Å²) in [4.78, 5) is 18.3. The number of amides is 1. The number of methoxy groups -OCH3 is 1. The monoisotopic (exact) mass is 358 g/mol. The van der Waals surface area contributed by atoms with Gasteiger partial charge in [-0.15, -0.1) is 0 Å². The Kier molecular flexibility index (Phi) is 4.80. The van der Waals surface area contributed by atoms with Crippen LogP contribution in [0.2, 0.25) is 0 Å². The van der Waals surface area contributed by atoms with E-state index in [1.54, 1.807) is 18.2 Å². The number of hydrogen-bond acceptors (Lipinski definition) is 5. The number of aromatic nitrogens is 1. The highest BCUT2D eigenvalue weighted by Crippen LogP contribution is 2.37. The maximum Gasteiger partial charge on any atom is 0.410 e. The van der Waals surface area contributed by atoms with E-state index in [-0.39, 0.29) is 6.09 Å². The second-order valence-corrected chi connectivity index (χ2v) is 7.74. The van der Waals surface area contributed by atoms with Gasteiger partial charge in [0, 0.05) is 24.7 Å². The van der Waals surface area contributed by atoms with E-state index in [9.17, 15) is 9.90 Å². The van der Waals surface area contributed by atoms with Crippen LogP contribution in [-0.2, 0) is 10.3 Å². The van der Waals surface area contributed by atoms with Crippen LogP contribution >= 0.6 is 0 Å². The highest BCUT2D eigenvalue weighted by molar-refractivity contribution is 5.84. The molecule has 1 aliphatic rings. The molecule has 6 nitrogen and oxygen atoms in total. The van der Waals surface area contributed by atoms with Crippen molar-refractivity contribution in [2.45, 2.75) is 44.8 Å². The van der Waals surface area contributed by atoms with Crippen LogP contribution in [0.15, 0.2) is 30.5 Å². The van der Waals surface area contributed by atoms with Crippen LogP contribution in [0.4, 0.5) is 4.79 Å². The third kappa shape index (κ3) is 3.75. The zero-order chi connectivity index (χ0) is 18.9. The fourth-order valence-electron chi connectivity index (χ4n) is 3.31. The van der Waals surface area contributed by atoms with Crippen LogP contribution < -0.4 is 4.74 Å². The lowest BCUT2D eigenvalue weighted by Crippen LogP contribution is -2.46. The van der Waals surface area contributed by atoms with Crippen LogP contribution in [0.1, 0.15) is 39.2 Å². The van der Waals surface area contributed by atoms with Gasteiger partial charge in [-0.3, -0.25) is 4.98 Å². The van der Waals surface area contributed by atoms with Crippen LogP contribution in [0.5, 0.6) is 5.75 Å². The minimum atomic E-state index is -1.01. The number of piperidine rings is 1. The van der Waals surface area contributed by atoms with Crippen molar-refractivity contribution < 1.29 is 19.4 Å². The van der Waals surface area contributed by atoms with E-state index in [1.165, 1.54) is 0 Å². The number of likely N-dealkylation sites (tertiary alicyclic amines) is 1. The molecule has 0 atom stereocenters. The molecule has 2 aromatic rings. The smallest absolute Gasteiger partial charge is 0.410 e. The Hall–Kier alpha value is -2.34. The van der Waals surface area contributed by atoms with Crippen molar-refractivity contribution in [1.82, 2.24) is 9.88 Å². The summed E-state index contributed by atoms with van der Waals surface area (Å²) in [7, 11) is 1.62. The van der Waals surface area contributed by atoms with Crippen LogP contribution in [0, 0.1) is 0 Å². The molecule has 1 N–H and O–H groups in total. The third-order valence-corrected chi connectivity index (χ3v) is 4.69. The minimum absolute atomic E-state index is 0.333. The number of ether oxygens (including phenoxy) is 2. The van der Waals surface area contributed by atoms with Crippen molar-refractivity contribution in [1.29, 1.82) is 0 Å². The molecule has 0 aliphatic carbocycles. The van der Waals surface area contributed by atoms with E-state index >= 15 is 0 Å². The van der Waals surface area contributed by atoms with Crippen molar-refractivity contribution in [3.63, 3.8) is 0 Å². The number of fused-ring (bicyclic) bond motifs is 1. The normalized spacial score (nSPS) is 17.2. The van der Waals surface area contributed by atoms with E-state index in [4.69, 9.17) is 9.47 Å². The maximum atomic E-state index is 12.3. The van der Waals surface area contributed by atoms with E-state index in [0.717, 1.165) is 22.2 Å². The molecule has 1 saturated heterocycles. The Balaban J connectivity index is 1.83. The molecular formula is C20H26N2O4. The summed E-state index contributed by atoms with van der Waals surface area (Å²) < 4.78 is 10.7. The Morgan fingerprint density at radius 3 is 2.54 bits per heavy atom. The lowest BCUT2D eigenvalue weighted by atomic mass is 9.83. The topological polar surface area (TPSA) is 71.9 Å². The quantitative estimate of drug-likeness (QED) is 0.890. The fraction of sp³-hybridized carbons (Fsp3) is 0.500. The molecule has 1 aliphatic heterocycles. The first kappa shape index (κ1) is 18.5. The maximum absolute atomic E-state index is 12.3. The third-order valence-electron chi connectivity index (χ3n) is 4.69. The summed E-state index contributed by atoms with van der Waals surface area (Å²) in [6.07, 6.45) is 2.27. The van der Waals surface area contributed by atoms with Gasteiger partial charge in [0.2, 0.25) is 0 Å². The van der Waals surface area contributed by atoms with Gasteiger partial charge in [0.25, 0.3) is 0 Å². The van der Waals surface area contributed by atoms with E-state index < -0.39 is 11.2 Å². The number of carbonyl (C=O) groups is 1. The molecule has 140 valence electrons. The zero-order valence-electron chi connectivity index (χ0n) is 15.8. The van der Waals surface area contributed by atoms with Gasteiger partial charge in [0.15, 0.2) is 0 Å². The van der Waals surface area contributed by atoms with Crippen LogP contribution in [0.3, 0.4) is 0 Å². The minimum Gasteiger partial charge on any atom is -0.497 e. The van der Waals surface area contributed by atoms with E-state index in [1.807, 2.05) is 45.0 Å². The number of carbonyl (C=O) groups excluding carboxylic acids is 1. The average Bonchev–Trinajstić information content (AvgIpc) is 2.59. The SMILES string of the molecule is COc1ccc2nccc(C3(O)CCN(C(=O)OC(C)(C)C)CC3)c2c1. The molecule has 0 saturated carbocycles. The lowest BCUT2D eigenvalue weighted by molar-refractivity contribution is -0.0348. The van der Waals surface area contributed by atoms with Gasteiger partial charge in [-0.25, -0.2) is 4.79 Å². The summed E-state index contributed by atoms with van der Waals surface area (Å²) in [5.74, 6) is 0.724. The summed E-state index contributed by atoms with van der Waals surface area (Å²) in [5.41, 5.74) is 0.103.